The Morgan fingerprint density at radius 1 is 0.795 bits per heavy atom. The zero-order chi connectivity index (χ0) is 30.4. The topological polar surface area (TPSA) is 128 Å². The molecule has 0 saturated carbocycles. The lowest BCUT2D eigenvalue weighted by molar-refractivity contribution is -0.137. The molecule has 0 aliphatic carbocycles. The van der Waals surface area contributed by atoms with Gasteiger partial charge >= 0.3 is 12.1 Å². The molecule has 0 spiro atoms. The lowest BCUT2D eigenvalue weighted by Gasteiger charge is -2.36. The molecule has 0 amide bonds. The average molecular weight is 681 g/mol. The van der Waals surface area contributed by atoms with Crippen LogP contribution in [0.3, 0.4) is 0 Å². The Balaban J connectivity index is 0.000000410. The van der Waals surface area contributed by atoms with Crippen LogP contribution in [-0.2, 0) is 6.18 Å². The van der Waals surface area contributed by atoms with Crippen molar-refractivity contribution in [2.75, 3.05) is 57.3 Å². The van der Waals surface area contributed by atoms with Crippen molar-refractivity contribution in [3.8, 4) is 17.2 Å². The van der Waals surface area contributed by atoms with Crippen molar-refractivity contribution in [3.63, 3.8) is 0 Å². The van der Waals surface area contributed by atoms with E-state index in [-0.39, 0.29) is 37.0 Å². The lowest BCUT2D eigenvalue weighted by Crippen LogP contribution is -2.47. The molecule has 5 rings (SSSR count). The van der Waals surface area contributed by atoms with Gasteiger partial charge in [-0.25, -0.2) is 4.79 Å². The Morgan fingerprint density at radius 2 is 1.36 bits per heavy atom. The Morgan fingerprint density at radius 3 is 1.93 bits per heavy atom. The van der Waals surface area contributed by atoms with Crippen LogP contribution in [0.5, 0.6) is 17.2 Å². The van der Waals surface area contributed by atoms with Crippen LogP contribution < -0.4 is 4.90 Å². The summed E-state index contributed by atoms with van der Waals surface area (Å²) in [4.78, 5) is 18.9. The largest absolute Gasteiger partial charge is 0.504 e. The molecule has 15 heteroatoms. The molecule has 1 saturated heterocycles. The number of para-hydroxylation sites is 1. The molecule has 44 heavy (non-hydrogen) atoms. The van der Waals surface area contributed by atoms with Gasteiger partial charge < -0.3 is 35.3 Å². The van der Waals surface area contributed by atoms with Crippen LogP contribution >= 0.6 is 36.6 Å². The standard InChI is InChI=1S/C22H26F3N3OS.C7H6O5.2ClH/c23-22(24,25)17-6-7-21-19(16-17)28(18-4-1-2-5-20(18)30-21)9-3-8-26-10-12-27(13-11-26)14-15-29;8-4-1-3(7(11)12)2-5(9)6(4)10;;/h1-2,4-7,16,29H,3,8-15H2;1-2,8-10H,(H,11,12);2*1H. The first kappa shape index (κ1) is 37.1. The first-order valence-corrected chi connectivity index (χ1v) is 14.1. The van der Waals surface area contributed by atoms with Crippen molar-refractivity contribution in [1.29, 1.82) is 0 Å². The molecular weight excluding hydrogens is 646 g/mol. The summed E-state index contributed by atoms with van der Waals surface area (Å²) in [6.45, 7) is 6.29. The van der Waals surface area contributed by atoms with Gasteiger partial charge in [-0.2, -0.15) is 13.2 Å². The van der Waals surface area contributed by atoms with E-state index in [1.54, 1.807) is 6.07 Å². The quantitative estimate of drug-likeness (QED) is 0.200. The number of nitrogens with zero attached hydrogens (tertiary/aromatic N) is 3. The van der Waals surface area contributed by atoms with Crippen LogP contribution in [-0.4, -0.2) is 93.7 Å². The molecule has 1 fully saturated rings. The summed E-state index contributed by atoms with van der Waals surface area (Å²) in [5.41, 5.74) is 0.720. The van der Waals surface area contributed by atoms with E-state index in [9.17, 15) is 18.0 Å². The molecule has 0 bridgehead atoms. The fourth-order valence-electron chi connectivity index (χ4n) is 4.80. The van der Waals surface area contributed by atoms with Gasteiger partial charge in [-0.05, 0) is 55.4 Å². The summed E-state index contributed by atoms with van der Waals surface area (Å²) >= 11 is 1.53. The molecule has 2 aliphatic rings. The molecule has 2 heterocycles. The Bertz CT molecular complexity index is 1390. The number of hydrogen-bond donors (Lipinski definition) is 5. The van der Waals surface area contributed by atoms with Gasteiger partial charge in [-0.3, -0.25) is 4.90 Å². The highest BCUT2D eigenvalue weighted by Gasteiger charge is 2.33. The van der Waals surface area contributed by atoms with Gasteiger partial charge in [0.1, 0.15) is 0 Å². The minimum absolute atomic E-state index is 0. The number of hydrogen-bond acceptors (Lipinski definition) is 9. The summed E-state index contributed by atoms with van der Waals surface area (Å²) in [6, 6.07) is 13.6. The van der Waals surface area contributed by atoms with Crippen molar-refractivity contribution in [2.45, 2.75) is 22.4 Å². The average Bonchev–Trinajstić information content (AvgIpc) is 2.96. The van der Waals surface area contributed by atoms with E-state index in [0.717, 1.165) is 66.8 Å². The first-order chi connectivity index (χ1) is 20.0. The van der Waals surface area contributed by atoms with Crippen molar-refractivity contribution in [2.24, 2.45) is 0 Å². The maximum absolute atomic E-state index is 13.3. The molecular formula is C29H34Cl2F3N3O6S. The Hall–Kier alpha value is -3.07. The number of anilines is 2. The van der Waals surface area contributed by atoms with Gasteiger partial charge in [0.15, 0.2) is 17.2 Å². The monoisotopic (exact) mass is 679 g/mol. The minimum atomic E-state index is -4.35. The van der Waals surface area contributed by atoms with Crippen molar-refractivity contribution >= 4 is 53.9 Å². The maximum Gasteiger partial charge on any atom is 0.416 e. The first-order valence-electron chi connectivity index (χ1n) is 13.3. The third-order valence-corrected chi connectivity index (χ3v) is 8.14. The number of fused-ring (bicyclic) bond motifs is 2. The third kappa shape index (κ3) is 9.22. The molecule has 0 atom stereocenters. The highest BCUT2D eigenvalue weighted by Crippen LogP contribution is 2.49. The highest BCUT2D eigenvalue weighted by molar-refractivity contribution is 7.99. The Labute approximate surface area is 269 Å². The van der Waals surface area contributed by atoms with Gasteiger partial charge in [-0.1, -0.05) is 23.9 Å². The molecule has 0 aromatic heterocycles. The number of β-amino-alcohol motifs (C(OH)–C–C–N with tert-alkyl or cyclic N) is 1. The number of piperazine rings is 1. The number of alkyl halides is 3. The van der Waals surface area contributed by atoms with Crippen molar-refractivity contribution in [3.05, 3.63) is 65.7 Å². The minimum Gasteiger partial charge on any atom is -0.504 e. The van der Waals surface area contributed by atoms with E-state index in [1.807, 2.05) is 29.2 Å². The number of aliphatic hydroxyl groups is 1. The van der Waals surface area contributed by atoms with E-state index in [2.05, 4.69) is 9.80 Å². The molecule has 5 N–H and O–H groups in total. The van der Waals surface area contributed by atoms with Crippen LogP contribution in [0.15, 0.2) is 64.4 Å². The van der Waals surface area contributed by atoms with Gasteiger partial charge in [0.2, 0.25) is 0 Å². The normalized spacial score (nSPS) is 14.7. The molecule has 2 aliphatic heterocycles. The summed E-state index contributed by atoms with van der Waals surface area (Å²) in [7, 11) is 0. The fraction of sp³-hybridized carbons (Fsp3) is 0.345. The Kier molecular flexibility index (Phi) is 13.8. The maximum atomic E-state index is 13.3. The summed E-state index contributed by atoms with van der Waals surface area (Å²) < 4.78 is 39.9. The third-order valence-electron chi connectivity index (χ3n) is 7.01. The number of halogens is 5. The number of benzene rings is 3. The van der Waals surface area contributed by atoms with Gasteiger partial charge in [0.05, 0.1) is 29.1 Å². The van der Waals surface area contributed by atoms with E-state index in [4.69, 9.17) is 25.5 Å². The van der Waals surface area contributed by atoms with Crippen LogP contribution in [0.4, 0.5) is 24.5 Å². The zero-order valence-electron chi connectivity index (χ0n) is 23.4. The predicted molar refractivity (Wildman–Crippen MR) is 166 cm³/mol. The van der Waals surface area contributed by atoms with Gasteiger partial charge in [0, 0.05) is 49.1 Å². The van der Waals surface area contributed by atoms with Gasteiger partial charge in [0.25, 0.3) is 0 Å². The van der Waals surface area contributed by atoms with Crippen LogP contribution in [0.1, 0.15) is 22.3 Å². The second-order valence-corrected chi connectivity index (χ2v) is 10.9. The molecule has 9 nitrogen and oxygen atoms in total. The SMILES string of the molecule is Cl.Cl.O=C(O)c1cc(O)c(O)c(O)c1.OCCN1CCN(CCCN2c3ccccc3Sc3ccc(C(F)(F)F)cc32)CC1. The number of phenolic OH excluding ortho intramolecular Hbond substituents is 3. The summed E-state index contributed by atoms with van der Waals surface area (Å²) in [5, 5.41) is 44.0. The molecule has 242 valence electrons. The van der Waals surface area contributed by atoms with Crippen LogP contribution in [0.2, 0.25) is 0 Å². The second kappa shape index (κ2) is 16.3. The van der Waals surface area contributed by atoms with Crippen LogP contribution in [0, 0.1) is 0 Å². The summed E-state index contributed by atoms with van der Waals surface area (Å²) in [5.74, 6) is -3.33. The van der Waals surface area contributed by atoms with E-state index in [0.29, 0.717) is 18.8 Å². The molecule has 0 radical (unpaired) electrons. The number of rotatable bonds is 7. The number of phenols is 3. The van der Waals surface area contributed by atoms with E-state index in [1.165, 1.54) is 23.9 Å². The number of aromatic carboxylic acids is 1. The van der Waals surface area contributed by atoms with Gasteiger partial charge in [-0.15, -0.1) is 24.8 Å². The van der Waals surface area contributed by atoms with E-state index >= 15 is 0 Å². The van der Waals surface area contributed by atoms with Crippen LogP contribution in [0.25, 0.3) is 0 Å². The predicted octanol–water partition coefficient (Wildman–Crippen LogP) is 5.65. The lowest BCUT2D eigenvalue weighted by atomic mass is 10.1. The second-order valence-electron chi connectivity index (χ2n) is 9.83. The number of carboxylic acids is 1. The van der Waals surface area contributed by atoms with Crippen molar-refractivity contribution < 1.29 is 43.5 Å². The zero-order valence-corrected chi connectivity index (χ0v) is 25.9. The van der Waals surface area contributed by atoms with E-state index < -0.39 is 35.0 Å². The van der Waals surface area contributed by atoms with Crippen molar-refractivity contribution in [1.82, 2.24) is 9.80 Å². The smallest absolute Gasteiger partial charge is 0.416 e. The molecule has 3 aromatic carbocycles. The fourth-order valence-corrected chi connectivity index (χ4v) is 5.88. The molecule has 3 aromatic rings. The number of aromatic hydroxyl groups is 3. The number of carboxylic acid groups (broad SMARTS) is 1. The number of aliphatic hydroxyl groups excluding tert-OH is 1. The molecule has 0 unspecified atom stereocenters. The summed E-state index contributed by atoms with van der Waals surface area (Å²) in [6.07, 6.45) is -3.48. The highest BCUT2D eigenvalue weighted by atomic mass is 35.5. The number of carbonyl (C=O) groups is 1.